The first-order chi connectivity index (χ1) is 10.0. The van der Waals surface area contributed by atoms with E-state index in [0.29, 0.717) is 25.3 Å². The van der Waals surface area contributed by atoms with Crippen molar-refractivity contribution in [3.63, 3.8) is 0 Å². The standard InChI is InChI=1S/C17H23NO3/c1-13-4-2-5-15(10-13)11-16(19)18-9-3-6-14(12-18)7-8-17(20)21/h2,4-5,10,14H,3,6-9,11-12H2,1H3,(H,20,21)/t14-/m0/s1. The third kappa shape index (κ3) is 4.88. The van der Waals surface area contributed by atoms with E-state index in [9.17, 15) is 9.59 Å². The van der Waals surface area contributed by atoms with E-state index in [4.69, 9.17) is 5.11 Å². The molecule has 1 aliphatic rings. The van der Waals surface area contributed by atoms with Gasteiger partial charge >= 0.3 is 5.97 Å². The molecule has 2 rings (SSSR count). The molecular formula is C17H23NO3. The molecule has 1 amide bonds. The number of carbonyl (C=O) groups excluding carboxylic acids is 1. The van der Waals surface area contributed by atoms with E-state index in [2.05, 4.69) is 0 Å². The zero-order valence-electron chi connectivity index (χ0n) is 12.5. The number of hydrogen-bond acceptors (Lipinski definition) is 2. The maximum atomic E-state index is 12.4. The third-order valence-corrected chi connectivity index (χ3v) is 4.08. The van der Waals surface area contributed by atoms with Crippen LogP contribution in [-0.2, 0) is 16.0 Å². The number of benzene rings is 1. The lowest BCUT2D eigenvalue weighted by atomic mass is 9.93. The van der Waals surface area contributed by atoms with Gasteiger partial charge in [-0.15, -0.1) is 0 Å². The van der Waals surface area contributed by atoms with Gasteiger partial charge in [-0.1, -0.05) is 29.8 Å². The number of aryl methyl sites for hydroxylation is 1. The second kappa shape index (κ2) is 7.25. The van der Waals surface area contributed by atoms with Crippen LogP contribution in [0.25, 0.3) is 0 Å². The number of amides is 1. The molecule has 0 unspecified atom stereocenters. The van der Waals surface area contributed by atoms with Crippen molar-refractivity contribution < 1.29 is 14.7 Å². The minimum atomic E-state index is -0.752. The van der Waals surface area contributed by atoms with E-state index in [1.54, 1.807) is 0 Å². The normalized spacial score (nSPS) is 18.5. The Morgan fingerprint density at radius 1 is 1.38 bits per heavy atom. The number of carbonyl (C=O) groups is 2. The van der Waals surface area contributed by atoms with Crippen molar-refractivity contribution in [2.75, 3.05) is 13.1 Å². The van der Waals surface area contributed by atoms with Gasteiger partial charge < -0.3 is 10.0 Å². The van der Waals surface area contributed by atoms with Gasteiger partial charge in [-0.3, -0.25) is 9.59 Å². The van der Waals surface area contributed by atoms with Crippen LogP contribution in [0, 0.1) is 12.8 Å². The Labute approximate surface area is 125 Å². The summed E-state index contributed by atoms with van der Waals surface area (Å²) >= 11 is 0. The Bertz CT molecular complexity index is 513. The van der Waals surface area contributed by atoms with Crippen molar-refractivity contribution in [1.29, 1.82) is 0 Å². The van der Waals surface area contributed by atoms with Crippen molar-refractivity contribution >= 4 is 11.9 Å². The van der Waals surface area contributed by atoms with Gasteiger partial charge in [0.1, 0.15) is 0 Å². The van der Waals surface area contributed by atoms with Crippen LogP contribution in [0.15, 0.2) is 24.3 Å². The fourth-order valence-electron chi connectivity index (χ4n) is 2.96. The highest BCUT2D eigenvalue weighted by atomic mass is 16.4. The van der Waals surface area contributed by atoms with Crippen LogP contribution >= 0.6 is 0 Å². The molecule has 4 nitrogen and oxygen atoms in total. The van der Waals surface area contributed by atoms with E-state index in [-0.39, 0.29) is 12.3 Å². The van der Waals surface area contributed by atoms with Crippen LogP contribution in [0.1, 0.15) is 36.8 Å². The number of carboxylic acids is 1. The Morgan fingerprint density at radius 2 is 2.19 bits per heavy atom. The van der Waals surface area contributed by atoms with Gasteiger partial charge in [0.2, 0.25) is 5.91 Å². The summed E-state index contributed by atoms with van der Waals surface area (Å²) in [4.78, 5) is 24.9. The topological polar surface area (TPSA) is 57.6 Å². The second-order valence-electron chi connectivity index (χ2n) is 5.95. The largest absolute Gasteiger partial charge is 0.481 e. The molecule has 1 N–H and O–H groups in total. The monoisotopic (exact) mass is 289 g/mol. The van der Waals surface area contributed by atoms with Gasteiger partial charge in [0, 0.05) is 19.5 Å². The number of carboxylic acid groups (broad SMARTS) is 1. The summed E-state index contributed by atoms with van der Waals surface area (Å²) in [5.41, 5.74) is 2.21. The van der Waals surface area contributed by atoms with Crippen LogP contribution in [0.5, 0.6) is 0 Å². The number of rotatable bonds is 5. The van der Waals surface area contributed by atoms with Crippen molar-refractivity contribution in [2.24, 2.45) is 5.92 Å². The van der Waals surface area contributed by atoms with Gasteiger partial charge in [-0.2, -0.15) is 0 Å². The minimum absolute atomic E-state index is 0.153. The molecule has 0 aliphatic carbocycles. The summed E-state index contributed by atoms with van der Waals surface area (Å²) in [5, 5.41) is 8.76. The summed E-state index contributed by atoms with van der Waals surface area (Å²) in [7, 11) is 0. The highest BCUT2D eigenvalue weighted by molar-refractivity contribution is 5.79. The Morgan fingerprint density at radius 3 is 2.90 bits per heavy atom. The molecule has 1 aromatic rings. The number of likely N-dealkylation sites (tertiary alicyclic amines) is 1. The van der Waals surface area contributed by atoms with Crippen LogP contribution in [-0.4, -0.2) is 35.0 Å². The molecule has 1 saturated heterocycles. The second-order valence-corrected chi connectivity index (χ2v) is 5.95. The first kappa shape index (κ1) is 15.5. The quantitative estimate of drug-likeness (QED) is 0.906. The van der Waals surface area contributed by atoms with Crippen LogP contribution in [0.2, 0.25) is 0 Å². The predicted octanol–water partition coefficient (Wildman–Crippen LogP) is 2.64. The minimum Gasteiger partial charge on any atom is -0.481 e. The van der Waals surface area contributed by atoms with E-state index in [1.165, 1.54) is 5.56 Å². The number of piperidine rings is 1. The van der Waals surface area contributed by atoms with Crippen molar-refractivity contribution in [3.8, 4) is 0 Å². The summed E-state index contributed by atoms with van der Waals surface area (Å²) in [5.74, 6) is -0.268. The zero-order valence-corrected chi connectivity index (χ0v) is 12.5. The number of aliphatic carboxylic acids is 1. The van der Waals surface area contributed by atoms with Gasteiger partial charge in [-0.25, -0.2) is 0 Å². The lowest BCUT2D eigenvalue weighted by Crippen LogP contribution is -2.40. The van der Waals surface area contributed by atoms with Gasteiger partial charge in [0.25, 0.3) is 0 Å². The number of hydrogen-bond donors (Lipinski definition) is 1. The van der Waals surface area contributed by atoms with Crippen molar-refractivity contribution in [3.05, 3.63) is 35.4 Å². The molecule has 1 heterocycles. The third-order valence-electron chi connectivity index (χ3n) is 4.08. The van der Waals surface area contributed by atoms with Crippen molar-refractivity contribution in [1.82, 2.24) is 4.90 Å². The summed E-state index contributed by atoms with van der Waals surface area (Å²) in [6.45, 7) is 3.53. The molecule has 1 fully saturated rings. The van der Waals surface area contributed by atoms with Crippen LogP contribution < -0.4 is 0 Å². The van der Waals surface area contributed by atoms with E-state index < -0.39 is 5.97 Å². The molecule has 1 aromatic carbocycles. The highest BCUT2D eigenvalue weighted by Crippen LogP contribution is 2.21. The summed E-state index contributed by atoms with van der Waals surface area (Å²) < 4.78 is 0. The lowest BCUT2D eigenvalue weighted by Gasteiger charge is -2.32. The zero-order chi connectivity index (χ0) is 15.2. The Balaban J connectivity index is 1.88. The average Bonchev–Trinajstić information content (AvgIpc) is 2.45. The molecule has 21 heavy (non-hydrogen) atoms. The molecule has 114 valence electrons. The summed E-state index contributed by atoms with van der Waals surface area (Å²) in [6.07, 6.45) is 3.31. The Hall–Kier alpha value is -1.84. The molecular weight excluding hydrogens is 266 g/mol. The first-order valence-electron chi connectivity index (χ1n) is 7.59. The van der Waals surface area contributed by atoms with Crippen molar-refractivity contribution in [2.45, 2.75) is 39.0 Å². The van der Waals surface area contributed by atoms with Gasteiger partial charge in [0.05, 0.1) is 6.42 Å². The van der Waals surface area contributed by atoms with E-state index >= 15 is 0 Å². The van der Waals surface area contributed by atoms with Gasteiger partial charge in [-0.05, 0) is 37.7 Å². The fraction of sp³-hybridized carbons (Fsp3) is 0.529. The molecule has 0 aromatic heterocycles. The lowest BCUT2D eigenvalue weighted by molar-refractivity contribution is -0.137. The smallest absolute Gasteiger partial charge is 0.303 e. The molecule has 0 radical (unpaired) electrons. The van der Waals surface area contributed by atoms with Crippen LogP contribution in [0.4, 0.5) is 0 Å². The maximum absolute atomic E-state index is 12.4. The molecule has 1 aliphatic heterocycles. The highest BCUT2D eigenvalue weighted by Gasteiger charge is 2.23. The van der Waals surface area contributed by atoms with Gasteiger partial charge in [0.15, 0.2) is 0 Å². The predicted molar refractivity (Wildman–Crippen MR) is 81.1 cm³/mol. The molecule has 0 spiro atoms. The fourth-order valence-corrected chi connectivity index (χ4v) is 2.96. The van der Waals surface area contributed by atoms with Crippen LogP contribution in [0.3, 0.4) is 0 Å². The van der Waals surface area contributed by atoms with E-state index in [0.717, 1.165) is 24.9 Å². The SMILES string of the molecule is Cc1cccc(CC(=O)N2CCC[C@@H](CCC(=O)O)C2)c1. The van der Waals surface area contributed by atoms with E-state index in [1.807, 2.05) is 36.1 Å². The molecule has 0 bridgehead atoms. The summed E-state index contributed by atoms with van der Waals surface area (Å²) in [6, 6.07) is 8.03. The average molecular weight is 289 g/mol. The first-order valence-corrected chi connectivity index (χ1v) is 7.59. The number of nitrogens with zero attached hydrogens (tertiary/aromatic N) is 1. The maximum Gasteiger partial charge on any atom is 0.303 e. The molecule has 1 atom stereocenters. The Kier molecular flexibility index (Phi) is 5.37. The molecule has 0 saturated carbocycles. The molecule has 4 heteroatoms.